The number of ether oxygens (including phenoxy) is 2. The van der Waals surface area contributed by atoms with Crippen molar-refractivity contribution in [2.24, 2.45) is 0 Å². The second-order valence-electron chi connectivity index (χ2n) is 5.93. The maximum Gasteiger partial charge on any atom is 0.279 e. The zero-order valence-corrected chi connectivity index (χ0v) is 16.6. The number of amides is 2. The number of rotatable bonds is 6. The van der Waals surface area contributed by atoms with E-state index in [0.29, 0.717) is 16.5 Å². The van der Waals surface area contributed by atoms with Crippen molar-refractivity contribution in [2.45, 2.75) is 26.9 Å². The van der Waals surface area contributed by atoms with Crippen LogP contribution in [0.25, 0.3) is 0 Å². The average Bonchev–Trinajstić information content (AvgIpc) is 2.61. The Balaban J connectivity index is 1.79. The summed E-state index contributed by atoms with van der Waals surface area (Å²) in [6.07, 6.45) is -0.885. The molecular formula is C19H20Cl2N2O4. The van der Waals surface area contributed by atoms with Crippen molar-refractivity contribution in [2.75, 3.05) is 6.61 Å². The highest BCUT2D eigenvalue weighted by molar-refractivity contribution is 6.35. The van der Waals surface area contributed by atoms with Crippen molar-refractivity contribution in [3.8, 4) is 11.5 Å². The number of hydrazine groups is 1. The summed E-state index contributed by atoms with van der Waals surface area (Å²) in [4.78, 5) is 23.9. The van der Waals surface area contributed by atoms with Crippen LogP contribution < -0.4 is 20.3 Å². The fourth-order valence-corrected chi connectivity index (χ4v) is 2.64. The molecular weight excluding hydrogens is 391 g/mol. The molecule has 2 N–H and O–H groups in total. The Morgan fingerprint density at radius 2 is 1.74 bits per heavy atom. The molecule has 27 heavy (non-hydrogen) atoms. The Hall–Kier alpha value is -2.44. The molecule has 0 aliphatic heterocycles. The predicted octanol–water partition coefficient (Wildman–Crippen LogP) is 3.60. The Bertz CT molecular complexity index is 842. The lowest BCUT2D eigenvalue weighted by atomic mass is 10.1. The van der Waals surface area contributed by atoms with E-state index in [0.717, 1.165) is 11.1 Å². The van der Waals surface area contributed by atoms with Crippen LogP contribution in [0.1, 0.15) is 18.1 Å². The fourth-order valence-electron chi connectivity index (χ4n) is 2.19. The summed E-state index contributed by atoms with van der Waals surface area (Å²) in [6, 6.07) is 10.3. The zero-order chi connectivity index (χ0) is 20.0. The van der Waals surface area contributed by atoms with Crippen LogP contribution in [0.3, 0.4) is 0 Å². The van der Waals surface area contributed by atoms with Crippen LogP contribution in [0.5, 0.6) is 11.5 Å². The van der Waals surface area contributed by atoms with Crippen LogP contribution in [0.15, 0.2) is 36.4 Å². The highest BCUT2D eigenvalue weighted by Crippen LogP contribution is 2.28. The summed E-state index contributed by atoms with van der Waals surface area (Å²) >= 11 is 11.8. The van der Waals surface area contributed by atoms with Crippen LogP contribution >= 0.6 is 23.2 Å². The lowest BCUT2D eigenvalue weighted by Crippen LogP contribution is -2.48. The molecule has 0 aliphatic carbocycles. The van der Waals surface area contributed by atoms with Crippen LogP contribution in [-0.2, 0) is 9.59 Å². The third kappa shape index (κ3) is 6.34. The minimum atomic E-state index is -0.885. The predicted molar refractivity (Wildman–Crippen MR) is 104 cm³/mol. The molecule has 6 nitrogen and oxygen atoms in total. The molecule has 1 unspecified atom stereocenters. The molecule has 0 spiro atoms. The summed E-state index contributed by atoms with van der Waals surface area (Å²) in [5.74, 6) is -0.120. The third-order valence-electron chi connectivity index (χ3n) is 3.58. The van der Waals surface area contributed by atoms with Gasteiger partial charge in [0.2, 0.25) is 0 Å². The van der Waals surface area contributed by atoms with Crippen LogP contribution in [0.2, 0.25) is 10.0 Å². The summed E-state index contributed by atoms with van der Waals surface area (Å²) in [6.45, 7) is 5.16. The van der Waals surface area contributed by atoms with Crippen molar-refractivity contribution in [3.63, 3.8) is 0 Å². The number of carbonyl (C=O) groups excluding carboxylic acids is 2. The van der Waals surface area contributed by atoms with Crippen LogP contribution in [0, 0.1) is 13.8 Å². The number of hydrogen-bond donors (Lipinski definition) is 2. The largest absolute Gasteiger partial charge is 0.483 e. The van der Waals surface area contributed by atoms with Crippen molar-refractivity contribution in [1.82, 2.24) is 10.9 Å². The molecule has 0 heterocycles. The maximum atomic E-state index is 12.0. The number of aryl methyl sites for hydroxylation is 2. The van der Waals surface area contributed by atoms with Crippen molar-refractivity contribution >= 4 is 35.0 Å². The quantitative estimate of drug-likeness (QED) is 0.713. The molecule has 2 aromatic rings. The summed E-state index contributed by atoms with van der Waals surface area (Å²) < 4.78 is 10.9. The van der Waals surface area contributed by atoms with E-state index in [1.165, 1.54) is 13.0 Å². The van der Waals surface area contributed by atoms with Crippen molar-refractivity contribution in [3.05, 3.63) is 57.6 Å². The minimum Gasteiger partial charge on any atom is -0.483 e. The van der Waals surface area contributed by atoms with Crippen molar-refractivity contribution < 1.29 is 19.1 Å². The first-order chi connectivity index (χ1) is 12.8. The van der Waals surface area contributed by atoms with Gasteiger partial charge in [-0.05, 0) is 50.6 Å². The lowest BCUT2D eigenvalue weighted by molar-refractivity contribution is -0.133. The Kier molecular flexibility index (Phi) is 7.33. The van der Waals surface area contributed by atoms with Gasteiger partial charge in [0.25, 0.3) is 11.8 Å². The standard InChI is InChI=1S/C19H20Cl2N2O4/c1-11-4-6-16(12(2)8-11)26-10-18(24)22-23-19(25)13(3)27-17-7-5-14(20)9-15(17)21/h4-9,13H,10H2,1-3H3,(H,22,24)(H,23,25). The molecule has 144 valence electrons. The number of hydrogen-bond acceptors (Lipinski definition) is 4. The molecule has 2 amide bonds. The van der Waals surface area contributed by atoms with Gasteiger partial charge in [-0.25, -0.2) is 0 Å². The smallest absolute Gasteiger partial charge is 0.279 e. The van der Waals surface area contributed by atoms with E-state index in [1.807, 2.05) is 26.0 Å². The minimum absolute atomic E-state index is 0.234. The SMILES string of the molecule is Cc1ccc(OCC(=O)NNC(=O)C(C)Oc2ccc(Cl)cc2Cl)c(C)c1. The average molecular weight is 411 g/mol. The molecule has 0 saturated carbocycles. The number of nitrogens with one attached hydrogen (secondary N) is 2. The van der Waals surface area contributed by atoms with Crippen LogP contribution in [0.4, 0.5) is 0 Å². The topological polar surface area (TPSA) is 76.7 Å². The summed E-state index contributed by atoms with van der Waals surface area (Å²) in [5, 5.41) is 0.744. The summed E-state index contributed by atoms with van der Waals surface area (Å²) in [5.41, 5.74) is 6.58. The van der Waals surface area contributed by atoms with E-state index in [4.69, 9.17) is 32.7 Å². The van der Waals surface area contributed by atoms with E-state index in [1.54, 1.807) is 18.2 Å². The van der Waals surface area contributed by atoms with Gasteiger partial charge in [-0.15, -0.1) is 0 Å². The number of halogens is 2. The second kappa shape index (κ2) is 9.48. The van der Waals surface area contributed by atoms with Gasteiger partial charge in [0, 0.05) is 5.02 Å². The normalized spacial score (nSPS) is 11.4. The van der Waals surface area contributed by atoms with Crippen LogP contribution in [-0.4, -0.2) is 24.5 Å². The first-order valence-electron chi connectivity index (χ1n) is 8.16. The Morgan fingerprint density at radius 1 is 1.04 bits per heavy atom. The molecule has 2 rings (SSSR count). The fraction of sp³-hybridized carbons (Fsp3) is 0.263. The molecule has 0 saturated heterocycles. The van der Waals surface area contributed by atoms with E-state index in [-0.39, 0.29) is 11.6 Å². The Morgan fingerprint density at radius 3 is 2.41 bits per heavy atom. The molecule has 0 aromatic heterocycles. The molecule has 1 atom stereocenters. The van der Waals surface area contributed by atoms with Gasteiger partial charge in [0.05, 0.1) is 5.02 Å². The molecule has 0 fully saturated rings. The highest BCUT2D eigenvalue weighted by Gasteiger charge is 2.17. The number of benzene rings is 2. The monoisotopic (exact) mass is 410 g/mol. The van der Waals surface area contributed by atoms with Gasteiger partial charge in [-0.2, -0.15) is 0 Å². The second-order valence-corrected chi connectivity index (χ2v) is 6.77. The van der Waals surface area contributed by atoms with E-state index in [9.17, 15) is 9.59 Å². The first kappa shape index (κ1) is 20.9. The molecule has 2 aromatic carbocycles. The van der Waals surface area contributed by atoms with Gasteiger partial charge < -0.3 is 9.47 Å². The summed E-state index contributed by atoms with van der Waals surface area (Å²) in [7, 11) is 0. The molecule has 0 aliphatic rings. The third-order valence-corrected chi connectivity index (χ3v) is 4.11. The Labute approximate surface area is 167 Å². The van der Waals surface area contributed by atoms with Gasteiger partial charge in [-0.3, -0.25) is 20.4 Å². The highest BCUT2D eigenvalue weighted by atomic mass is 35.5. The first-order valence-corrected chi connectivity index (χ1v) is 8.92. The van der Waals surface area contributed by atoms with Crippen molar-refractivity contribution in [1.29, 1.82) is 0 Å². The van der Waals surface area contributed by atoms with Gasteiger partial charge in [0.15, 0.2) is 12.7 Å². The van der Waals surface area contributed by atoms with E-state index in [2.05, 4.69) is 10.9 Å². The van der Waals surface area contributed by atoms with Gasteiger partial charge in [-0.1, -0.05) is 40.9 Å². The molecule has 8 heteroatoms. The van der Waals surface area contributed by atoms with Gasteiger partial charge in [0.1, 0.15) is 11.5 Å². The van der Waals surface area contributed by atoms with E-state index < -0.39 is 17.9 Å². The molecule has 0 bridgehead atoms. The zero-order valence-electron chi connectivity index (χ0n) is 15.1. The maximum absolute atomic E-state index is 12.0. The lowest BCUT2D eigenvalue weighted by Gasteiger charge is -2.16. The molecule has 0 radical (unpaired) electrons. The van der Waals surface area contributed by atoms with E-state index >= 15 is 0 Å². The number of carbonyl (C=O) groups is 2. The van der Waals surface area contributed by atoms with Gasteiger partial charge >= 0.3 is 0 Å².